The molecule has 0 radical (unpaired) electrons. The zero-order valence-corrected chi connectivity index (χ0v) is 8.82. The molecule has 0 N–H and O–H groups in total. The highest BCUT2D eigenvalue weighted by molar-refractivity contribution is 4.78. The van der Waals surface area contributed by atoms with Crippen LogP contribution in [0, 0.1) is 5.92 Å². The van der Waals surface area contributed by atoms with Gasteiger partial charge in [-0.2, -0.15) is 0 Å². The highest BCUT2D eigenvalue weighted by atomic mass is 16.7. The Bertz CT molecular complexity index is 165. The second-order valence-corrected chi connectivity index (χ2v) is 4.08. The molecule has 0 spiro atoms. The van der Waals surface area contributed by atoms with Crippen LogP contribution in [0.1, 0.15) is 33.6 Å². The molecule has 1 aliphatic rings. The molecule has 2 heteroatoms. The van der Waals surface area contributed by atoms with E-state index >= 15 is 0 Å². The molecule has 2 nitrogen and oxygen atoms in total. The third-order valence-electron chi connectivity index (χ3n) is 2.26. The van der Waals surface area contributed by atoms with Crippen LogP contribution in [0.4, 0.5) is 0 Å². The van der Waals surface area contributed by atoms with Crippen LogP contribution in [0.25, 0.3) is 0 Å². The first kappa shape index (κ1) is 10.7. The SMILES string of the molecule is C=CC[C@H]1C[C@H](C)O[C@H](C(C)C)O1. The largest absolute Gasteiger partial charge is 0.349 e. The van der Waals surface area contributed by atoms with Crippen LogP contribution in [0.5, 0.6) is 0 Å². The van der Waals surface area contributed by atoms with E-state index in [2.05, 4.69) is 27.4 Å². The molecule has 0 bridgehead atoms. The van der Waals surface area contributed by atoms with Crippen molar-refractivity contribution >= 4 is 0 Å². The average molecular weight is 184 g/mol. The van der Waals surface area contributed by atoms with Crippen LogP contribution >= 0.6 is 0 Å². The van der Waals surface area contributed by atoms with E-state index in [0.717, 1.165) is 12.8 Å². The molecule has 0 aliphatic carbocycles. The summed E-state index contributed by atoms with van der Waals surface area (Å²) >= 11 is 0. The number of hydrogen-bond donors (Lipinski definition) is 0. The Kier molecular flexibility index (Phi) is 3.94. The summed E-state index contributed by atoms with van der Waals surface area (Å²) in [6, 6.07) is 0. The van der Waals surface area contributed by atoms with E-state index in [-0.39, 0.29) is 6.29 Å². The summed E-state index contributed by atoms with van der Waals surface area (Å²) in [5.74, 6) is 0.426. The molecule has 0 amide bonds. The Hall–Kier alpha value is -0.340. The summed E-state index contributed by atoms with van der Waals surface area (Å²) in [6.07, 6.45) is 4.40. The Morgan fingerprint density at radius 1 is 1.46 bits per heavy atom. The number of rotatable bonds is 3. The van der Waals surface area contributed by atoms with Crippen molar-refractivity contribution in [3.05, 3.63) is 12.7 Å². The van der Waals surface area contributed by atoms with Crippen LogP contribution in [-0.2, 0) is 9.47 Å². The molecule has 1 fully saturated rings. The van der Waals surface area contributed by atoms with Crippen molar-refractivity contribution in [1.82, 2.24) is 0 Å². The highest BCUT2D eigenvalue weighted by Crippen LogP contribution is 2.24. The van der Waals surface area contributed by atoms with Gasteiger partial charge >= 0.3 is 0 Å². The summed E-state index contributed by atoms with van der Waals surface area (Å²) in [4.78, 5) is 0. The molecule has 1 heterocycles. The zero-order chi connectivity index (χ0) is 9.84. The molecule has 0 aromatic rings. The molecule has 1 saturated heterocycles. The van der Waals surface area contributed by atoms with Gasteiger partial charge in [0.15, 0.2) is 6.29 Å². The quantitative estimate of drug-likeness (QED) is 0.628. The molecule has 1 rings (SSSR count). The third-order valence-corrected chi connectivity index (χ3v) is 2.26. The van der Waals surface area contributed by atoms with Gasteiger partial charge in [-0.05, 0) is 13.3 Å². The van der Waals surface area contributed by atoms with Gasteiger partial charge in [-0.25, -0.2) is 0 Å². The van der Waals surface area contributed by atoms with Crippen molar-refractivity contribution in [2.75, 3.05) is 0 Å². The smallest absolute Gasteiger partial charge is 0.160 e. The molecular weight excluding hydrogens is 164 g/mol. The zero-order valence-electron chi connectivity index (χ0n) is 8.82. The average Bonchev–Trinajstić information content (AvgIpc) is 2.03. The van der Waals surface area contributed by atoms with Crippen molar-refractivity contribution < 1.29 is 9.47 Å². The van der Waals surface area contributed by atoms with Crippen LogP contribution in [0.3, 0.4) is 0 Å². The van der Waals surface area contributed by atoms with E-state index in [0.29, 0.717) is 18.1 Å². The Morgan fingerprint density at radius 3 is 2.69 bits per heavy atom. The van der Waals surface area contributed by atoms with Gasteiger partial charge in [0.2, 0.25) is 0 Å². The van der Waals surface area contributed by atoms with E-state index in [1.165, 1.54) is 0 Å². The maximum Gasteiger partial charge on any atom is 0.160 e. The lowest BCUT2D eigenvalue weighted by Crippen LogP contribution is -2.39. The number of hydrogen-bond acceptors (Lipinski definition) is 2. The number of ether oxygens (including phenoxy) is 2. The lowest BCUT2D eigenvalue weighted by molar-refractivity contribution is -0.254. The minimum absolute atomic E-state index is 0.0336. The molecule has 0 unspecified atom stereocenters. The van der Waals surface area contributed by atoms with Crippen molar-refractivity contribution in [3.8, 4) is 0 Å². The fourth-order valence-electron chi connectivity index (χ4n) is 1.58. The van der Waals surface area contributed by atoms with E-state index in [1.807, 2.05) is 6.08 Å². The van der Waals surface area contributed by atoms with E-state index in [9.17, 15) is 0 Å². The van der Waals surface area contributed by atoms with Gasteiger partial charge in [0.1, 0.15) is 0 Å². The topological polar surface area (TPSA) is 18.5 Å². The lowest BCUT2D eigenvalue weighted by Gasteiger charge is -2.35. The molecule has 3 atom stereocenters. The molecule has 13 heavy (non-hydrogen) atoms. The molecule has 0 aromatic carbocycles. The van der Waals surface area contributed by atoms with Crippen LogP contribution in [0.2, 0.25) is 0 Å². The minimum Gasteiger partial charge on any atom is -0.349 e. The first-order valence-electron chi connectivity index (χ1n) is 5.05. The summed E-state index contributed by atoms with van der Waals surface area (Å²) in [6.45, 7) is 10.1. The summed E-state index contributed by atoms with van der Waals surface area (Å²) in [5, 5.41) is 0. The second kappa shape index (κ2) is 4.77. The Labute approximate surface area is 80.9 Å². The van der Waals surface area contributed by atoms with E-state index in [4.69, 9.17) is 9.47 Å². The van der Waals surface area contributed by atoms with E-state index in [1.54, 1.807) is 0 Å². The standard InChI is InChI=1S/C11H20O2/c1-5-6-10-7-9(4)12-11(13-10)8(2)3/h5,8-11H,1,6-7H2,2-4H3/t9-,10-,11-/m0/s1. The maximum atomic E-state index is 5.77. The normalized spacial score (nSPS) is 34.9. The van der Waals surface area contributed by atoms with Gasteiger partial charge in [-0.3, -0.25) is 0 Å². The fraction of sp³-hybridized carbons (Fsp3) is 0.818. The van der Waals surface area contributed by atoms with Gasteiger partial charge in [0.05, 0.1) is 12.2 Å². The molecule has 1 aliphatic heterocycles. The van der Waals surface area contributed by atoms with Gasteiger partial charge in [0, 0.05) is 12.3 Å². The predicted molar refractivity (Wildman–Crippen MR) is 53.5 cm³/mol. The van der Waals surface area contributed by atoms with Crippen LogP contribution < -0.4 is 0 Å². The second-order valence-electron chi connectivity index (χ2n) is 4.08. The lowest BCUT2D eigenvalue weighted by atomic mass is 10.1. The molecular formula is C11H20O2. The highest BCUT2D eigenvalue weighted by Gasteiger charge is 2.28. The molecule has 76 valence electrons. The van der Waals surface area contributed by atoms with Crippen LogP contribution in [0.15, 0.2) is 12.7 Å². The van der Waals surface area contributed by atoms with Gasteiger partial charge < -0.3 is 9.47 Å². The maximum absolute atomic E-state index is 5.77. The van der Waals surface area contributed by atoms with Gasteiger partial charge in [-0.1, -0.05) is 19.9 Å². The summed E-state index contributed by atoms with van der Waals surface area (Å²) < 4.78 is 11.4. The van der Waals surface area contributed by atoms with Crippen molar-refractivity contribution in [3.63, 3.8) is 0 Å². The summed E-state index contributed by atoms with van der Waals surface area (Å²) in [5.41, 5.74) is 0. The van der Waals surface area contributed by atoms with Crippen molar-refractivity contribution in [1.29, 1.82) is 0 Å². The van der Waals surface area contributed by atoms with Gasteiger partial charge in [0.25, 0.3) is 0 Å². The fourth-order valence-corrected chi connectivity index (χ4v) is 1.58. The van der Waals surface area contributed by atoms with Gasteiger partial charge in [-0.15, -0.1) is 6.58 Å². The van der Waals surface area contributed by atoms with Crippen molar-refractivity contribution in [2.45, 2.75) is 52.1 Å². The Balaban J connectivity index is 2.47. The van der Waals surface area contributed by atoms with E-state index < -0.39 is 0 Å². The molecule has 0 saturated carbocycles. The van der Waals surface area contributed by atoms with Crippen molar-refractivity contribution in [2.24, 2.45) is 5.92 Å². The first-order valence-corrected chi connectivity index (χ1v) is 5.05. The van der Waals surface area contributed by atoms with Crippen LogP contribution in [-0.4, -0.2) is 18.5 Å². The Morgan fingerprint density at radius 2 is 2.15 bits per heavy atom. The predicted octanol–water partition coefficient (Wildman–Crippen LogP) is 2.74. The summed E-state index contributed by atoms with van der Waals surface area (Å²) in [7, 11) is 0. The third kappa shape index (κ3) is 3.12. The monoisotopic (exact) mass is 184 g/mol. The first-order chi connectivity index (χ1) is 6.13. The minimum atomic E-state index is -0.0336. The molecule has 0 aromatic heterocycles.